The van der Waals surface area contributed by atoms with Crippen molar-refractivity contribution in [2.45, 2.75) is 18.9 Å². The molecule has 3 N–H and O–H groups in total. The molecule has 7 nitrogen and oxygen atoms in total. The number of anilines is 1. The maximum Gasteiger partial charge on any atom is 0.292 e. The first-order valence-electron chi connectivity index (χ1n) is 6.51. The largest absolute Gasteiger partial charge is 0.393 e. The molecule has 0 spiro atoms. The first kappa shape index (κ1) is 14.3. The number of hydrogen-bond acceptors (Lipinski definition) is 5. The molecule has 108 valence electrons. The number of nitrogens with zero attached hydrogens (tertiary/aromatic N) is 2. The van der Waals surface area contributed by atoms with Crippen LogP contribution in [0.25, 0.3) is 0 Å². The average Bonchev–Trinajstić information content (AvgIpc) is 2.41. The number of para-hydroxylation sites is 1. The average molecular weight is 278 g/mol. The highest BCUT2D eigenvalue weighted by Gasteiger charge is 2.23. The maximum atomic E-state index is 12.2. The number of amides is 1. The number of nitrogens with two attached hydrogens (primary N) is 1. The highest BCUT2D eigenvalue weighted by molar-refractivity contribution is 6.01. The number of piperidine rings is 1. The Morgan fingerprint density at radius 2 is 2.10 bits per heavy atom. The fourth-order valence-corrected chi connectivity index (χ4v) is 2.33. The summed E-state index contributed by atoms with van der Waals surface area (Å²) in [7, 11) is 2.04. The van der Waals surface area contributed by atoms with Crippen molar-refractivity contribution in [1.82, 2.24) is 10.2 Å². The summed E-state index contributed by atoms with van der Waals surface area (Å²) in [6.45, 7) is 1.85. The van der Waals surface area contributed by atoms with E-state index < -0.39 is 4.92 Å². The van der Waals surface area contributed by atoms with Crippen molar-refractivity contribution in [3.8, 4) is 0 Å². The molecule has 1 aromatic rings. The second-order valence-electron chi connectivity index (χ2n) is 5.05. The first-order valence-corrected chi connectivity index (χ1v) is 6.51. The van der Waals surface area contributed by atoms with Crippen molar-refractivity contribution in [3.63, 3.8) is 0 Å². The Balaban J connectivity index is 2.10. The van der Waals surface area contributed by atoms with Gasteiger partial charge in [-0.25, -0.2) is 0 Å². The summed E-state index contributed by atoms with van der Waals surface area (Å²) < 4.78 is 0. The van der Waals surface area contributed by atoms with E-state index in [1.54, 1.807) is 0 Å². The van der Waals surface area contributed by atoms with Crippen molar-refractivity contribution in [2.75, 3.05) is 25.9 Å². The van der Waals surface area contributed by atoms with Crippen molar-refractivity contribution in [3.05, 3.63) is 33.9 Å². The minimum atomic E-state index is -0.582. The summed E-state index contributed by atoms with van der Waals surface area (Å²) in [6.07, 6.45) is 1.74. The van der Waals surface area contributed by atoms with E-state index in [9.17, 15) is 14.9 Å². The van der Waals surface area contributed by atoms with Crippen LogP contribution in [0, 0.1) is 10.1 Å². The number of rotatable bonds is 3. The van der Waals surface area contributed by atoms with Crippen molar-refractivity contribution >= 4 is 17.3 Å². The van der Waals surface area contributed by atoms with Crippen LogP contribution in [0.15, 0.2) is 18.2 Å². The van der Waals surface area contributed by atoms with E-state index in [2.05, 4.69) is 10.2 Å². The molecule has 1 aliphatic heterocycles. The summed E-state index contributed by atoms with van der Waals surface area (Å²) >= 11 is 0. The number of nitrogen functional groups attached to an aromatic ring is 1. The number of hydrogen-bond donors (Lipinski definition) is 2. The molecule has 1 aromatic carbocycles. The van der Waals surface area contributed by atoms with Gasteiger partial charge < -0.3 is 16.0 Å². The third kappa shape index (κ3) is 3.05. The standard InChI is InChI=1S/C13H18N4O3/c1-16-7-5-9(6-8-16)15-13(18)10-3-2-4-11(12(10)14)17(19)20/h2-4,9H,5-8,14H2,1H3,(H,15,18). The van der Waals surface area contributed by atoms with Crippen LogP contribution in [0.2, 0.25) is 0 Å². The molecule has 0 aromatic heterocycles. The van der Waals surface area contributed by atoms with E-state index in [1.807, 2.05) is 7.05 Å². The van der Waals surface area contributed by atoms with Crippen LogP contribution in [0.4, 0.5) is 11.4 Å². The number of carbonyl (C=O) groups excluding carboxylic acids is 1. The summed E-state index contributed by atoms with van der Waals surface area (Å²) in [4.78, 5) is 24.6. The zero-order chi connectivity index (χ0) is 14.7. The zero-order valence-corrected chi connectivity index (χ0v) is 11.3. The molecule has 0 aliphatic carbocycles. The zero-order valence-electron chi connectivity index (χ0n) is 11.3. The summed E-state index contributed by atoms with van der Waals surface area (Å²) in [5, 5.41) is 13.7. The lowest BCUT2D eigenvalue weighted by molar-refractivity contribution is -0.383. The van der Waals surface area contributed by atoms with Gasteiger partial charge in [-0.15, -0.1) is 0 Å². The lowest BCUT2D eigenvalue weighted by Crippen LogP contribution is -2.43. The van der Waals surface area contributed by atoms with Crippen LogP contribution >= 0.6 is 0 Å². The quantitative estimate of drug-likeness (QED) is 0.488. The molecule has 1 amide bonds. The van der Waals surface area contributed by atoms with Gasteiger partial charge in [-0.1, -0.05) is 6.07 Å². The SMILES string of the molecule is CN1CCC(NC(=O)c2cccc([N+](=O)[O-])c2N)CC1. The number of benzene rings is 1. The maximum absolute atomic E-state index is 12.2. The van der Waals surface area contributed by atoms with Crippen LogP contribution in [-0.4, -0.2) is 41.9 Å². The number of nitro benzene ring substituents is 1. The van der Waals surface area contributed by atoms with Crippen LogP contribution in [0.3, 0.4) is 0 Å². The normalized spacial score (nSPS) is 16.9. The van der Waals surface area contributed by atoms with Crippen LogP contribution in [0.5, 0.6) is 0 Å². The number of nitrogens with one attached hydrogen (secondary N) is 1. The molecule has 1 fully saturated rings. The lowest BCUT2D eigenvalue weighted by Gasteiger charge is -2.29. The Bertz CT molecular complexity index is 524. The molecule has 0 saturated carbocycles. The molecule has 1 saturated heterocycles. The molecule has 20 heavy (non-hydrogen) atoms. The topological polar surface area (TPSA) is 102 Å². The summed E-state index contributed by atoms with van der Waals surface area (Å²) in [5.41, 5.74) is 5.55. The predicted molar refractivity (Wildman–Crippen MR) is 75.5 cm³/mol. The third-order valence-electron chi connectivity index (χ3n) is 3.58. The molecule has 1 heterocycles. The van der Waals surface area contributed by atoms with E-state index in [-0.39, 0.29) is 28.9 Å². The van der Waals surface area contributed by atoms with Gasteiger partial charge in [0.2, 0.25) is 0 Å². The fourth-order valence-electron chi connectivity index (χ4n) is 2.33. The Labute approximate surface area is 116 Å². The number of carbonyl (C=O) groups is 1. The Morgan fingerprint density at radius 1 is 1.45 bits per heavy atom. The molecule has 0 bridgehead atoms. The minimum Gasteiger partial charge on any atom is -0.393 e. The van der Waals surface area contributed by atoms with Gasteiger partial charge in [0.05, 0.1) is 10.5 Å². The van der Waals surface area contributed by atoms with E-state index in [0.29, 0.717) is 0 Å². The van der Waals surface area contributed by atoms with E-state index >= 15 is 0 Å². The molecule has 0 unspecified atom stereocenters. The molecule has 0 radical (unpaired) electrons. The Kier molecular flexibility index (Phi) is 4.19. The molecule has 7 heteroatoms. The van der Waals surface area contributed by atoms with Gasteiger partial charge >= 0.3 is 0 Å². The summed E-state index contributed by atoms with van der Waals surface area (Å²) in [6, 6.07) is 4.36. The summed E-state index contributed by atoms with van der Waals surface area (Å²) in [5.74, 6) is -0.347. The fraction of sp³-hybridized carbons (Fsp3) is 0.462. The van der Waals surface area contributed by atoms with Crippen molar-refractivity contribution in [1.29, 1.82) is 0 Å². The highest BCUT2D eigenvalue weighted by Crippen LogP contribution is 2.25. The van der Waals surface area contributed by atoms with E-state index in [1.165, 1.54) is 18.2 Å². The molecule has 2 rings (SSSR count). The number of nitro groups is 1. The van der Waals surface area contributed by atoms with Crippen LogP contribution in [0.1, 0.15) is 23.2 Å². The van der Waals surface area contributed by atoms with E-state index in [4.69, 9.17) is 5.73 Å². The number of likely N-dealkylation sites (tertiary alicyclic amines) is 1. The smallest absolute Gasteiger partial charge is 0.292 e. The lowest BCUT2D eigenvalue weighted by atomic mass is 10.0. The van der Waals surface area contributed by atoms with Crippen LogP contribution in [-0.2, 0) is 0 Å². The Hall–Kier alpha value is -2.15. The van der Waals surface area contributed by atoms with Crippen molar-refractivity contribution in [2.24, 2.45) is 0 Å². The first-order chi connectivity index (χ1) is 9.49. The molecule has 1 aliphatic rings. The third-order valence-corrected chi connectivity index (χ3v) is 3.58. The van der Waals surface area contributed by atoms with Gasteiger partial charge in [-0.2, -0.15) is 0 Å². The van der Waals surface area contributed by atoms with Gasteiger partial charge in [0, 0.05) is 12.1 Å². The predicted octanol–water partition coefficient (Wildman–Crippen LogP) is 1.00. The molecular formula is C13H18N4O3. The Morgan fingerprint density at radius 3 is 2.70 bits per heavy atom. The molecule has 0 atom stereocenters. The molecular weight excluding hydrogens is 260 g/mol. The van der Waals surface area contributed by atoms with Crippen LogP contribution < -0.4 is 11.1 Å². The van der Waals surface area contributed by atoms with Gasteiger partial charge in [-0.05, 0) is 39.0 Å². The van der Waals surface area contributed by atoms with Gasteiger partial charge in [0.25, 0.3) is 11.6 Å². The van der Waals surface area contributed by atoms with Gasteiger partial charge in [-0.3, -0.25) is 14.9 Å². The van der Waals surface area contributed by atoms with Gasteiger partial charge in [0.1, 0.15) is 5.69 Å². The van der Waals surface area contributed by atoms with E-state index in [0.717, 1.165) is 25.9 Å². The second kappa shape index (κ2) is 5.87. The van der Waals surface area contributed by atoms with Gasteiger partial charge in [0.15, 0.2) is 0 Å². The minimum absolute atomic E-state index is 0.0806. The monoisotopic (exact) mass is 278 g/mol. The highest BCUT2D eigenvalue weighted by atomic mass is 16.6. The van der Waals surface area contributed by atoms with Crippen molar-refractivity contribution < 1.29 is 9.72 Å². The second-order valence-corrected chi connectivity index (χ2v) is 5.05.